The third-order valence-electron chi connectivity index (χ3n) is 3.25. The smallest absolute Gasteiger partial charge is 0.274 e. The van der Waals surface area contributed by atoms with E-state index in [0.717, 1.165) is 0 Å². The van der Waals surface area contributed by atoms with Crippen LogP contribution in [0.1, 0.15) is 10.5 Å². The number of carbonyl (C=O) groups is 1. The summed E-state index contributed by atoms with van der Waals surface area (Å²) in [6, 6.07) is 4.82. The van der Waals surface area contributed by atoms with Crippen LogP contribution in [0.5, 0.6) is 17.2 Å². The predicted molar refractivity (Wildman–Crippen MR) is 94.8 cm³/mol. The first-order valence-corrected chi connectivity index (χ1v) is 7.41. The number of carbonyl (C=O) groups excluding carboxylic acids is 1. The van der Waals surface area contributed by atoms with Crippen LogP contribution in [0.25, 0.3) is 0 Å². The minimum absolute atomic E-state index is 0.218. The molecule has 1 amide bonds. The number of hydrogen-bond donors (Lipinski definition) is 2. The van der Waals surface area contributed by atoms with E-state index in [9.17, 15) is 4.79 Å². The molecule has 25 heavy (non-hydrogen) atoms. The molecule has 1 aromatic carbocycles. The Labute approximate surface area is 145 Å². The molecule has 2 rings (SSSR count). The standard InChI is InChI=1S/C17H20N4O4/c1-5-6-18-15-9-12(19-10-20-15)17(22)21-11-7-13(23-2)16(25-4)14(8-11)24-3/h5,7-10H,1,6H2,2-4H3,(H,21,22)(H,18,19,20). The fraction of sp³-hybridized carbons (Fsp3) is 0.235. The maximum absolute atomic E-state index is 12.4. The quantitative estimate of drug-likeness (QED) is 0.710. The number of nitrogens with one attached hydrogen (secondary N) is 2. The molecule has 0 aliphatic rings. The molecule has 0 bridgehead atoms. The minimum atomic E-state index is -0.390. The fourth-order valence-corrected chi connectivity index (χ4v) is 2.10. The fourth-order valence-electron chi connectivity index (χ4n) is 2.10. The number of methoxy groups -OCH3 is 3. The Morgan fingerprint density at radius 2 is 1.80 bits per heavy atom. The minimum Gasteiger partial charge on any atom is -0.493 e. The van der Waals surface area contributed by atoms with Crippen molar-refractivity contribution in [2.75, 3.05) is 38.5 Å². The average molecular weight is 344 g/mol. The van der Waals surface area contributed by atoms with Crippen LogP contribution in [0.3, 0.4) is 0 Å². The summed E-state index contributed by atoms with van der Waals surface area (Å²) < 4.78 is 15.8. The maximum Gasteiger partial charge on any atom is 0.274 e. The normalized spacial score (nSPS) is 9.88. The molecule has 0 fully saturated rings. The van der Waals surface area contributed by atoms with Crippen LogP contribution >= 0.6 is 0 Å². The summed E-state index contributed by atoms with van der Waals surface area (Å²) in [6.07, 6.45) is 3.01. The van der Waals surface area contributed by atoms with Gasteiger partial charge in [-0.1, -0.05) is 6.08 Å². The lowest BCUT2D eigenvalue weighted by Crippen LogP contribution is -2.15. The number of hydrogen-bond acceptors (Lipinski definition) is 7. The topological polar surface area (TPSA) is 94.6 Å². The van der Waals surface area contributed by atoms with Crippen molar-refractivity contribution >= 4 is 17.4 Å². The van der Waals surface area contributed by atoms with Crippen LogP contribution in [-0.2, 0) is 0 Å². The number of ether oxygens (including phenoxy) is 3. The zero-order chi connectivity index (χ0) is 18.2. The van der Waals surface area contributed by atoms with E-state index in [2.05, 4.69) is 27.2 Å². The first kappa shape index (κ1) is 18.1. The zero-order valence-electron chi connectivity index (χ0n) is 14.3. The maximum atomic E-state index is 12.4. The van der Waals surface area contributed by atoms with Gasteiger partial charge >= 0.3 is 0 Å². The van der Waals surface area contributed by atoms with E-state index in [1.165, 1.54) is 27.7 Å². The second kappa shape index (κ2) is 8.53. The van der Waals surface area contributed by atoms with Crippen molar-refractivity contribution in [3.8, 4) is 17.2 Å². The highest BCUT2D eigenvalue weighted by Crippen LogP contribution is 2.39. The third-order valence-corrected chi connectivity index (χ3v) is 3.25. The van der Waals surface area contributed by atoms with E-state index in [0.29, 0.717) is 35.3 Å². The van der Waals surface area contributed by atoms with Gasteiger partial charge in [-0.15, -0.1) is 6.58 Å². The van der Waals surface area contributed by atoms with E-state index >= 15 is 0 Å². The molecule has 0 unspecified atom stereocenters. The third kappa shape index (κ3) is 4.37. The Balaban J connectivity index is 2.24. The molecule has 0 aliphatic carbocycles. The summed E-state index contributed by atoms with van der Waals surface area (Å²) in [7, 11) is 4.52. The largest absolute Gasteiger partial charge is 0.493 e. The Kier molecular flexibility index (Phi) is 6.16. The van der Waals surface area contributed by atoms with Crippen molar-refractivity contribution in [2.45, 2.75) is 0 Å². The lowest BCUT2D eigenvalue weighted by Gasteiger charge is -2.14. The van der Waals surface area contributed by atoms with Crippen LogP contribution in [-0.4, -0.2) is 43.7 Å². The van der Waals surface area contributed by atoms with Gasteiger partial charge in [0.25, 0.3) is 5.91 Å². The molecule has 0 saturated heterocycles. The van der Waals surface area contributed by atoms with Crippen LogP contribution in [0.15, 0.2) is 37.2 Å². The molecule has 0 radical (unpaired) electrons. The van der Waals surface area contributed by atoms with Gasteiger partial charge in [0.2, 0.25) is 5.75 Å². The number of aromatic nitrogens is 2. The van der Waals surface area contributed by atoms with Gasteiger partial charge < -0.3 is 24.8 Å². The highest BCUT2D eigenvalue weighted by molar-refractivity contribution is 6.03. The van der Waals surface area contributed by atoms with E-state index in [4.69, 9.17) is 14.2 Å². The summed E-state index contributed by atoms with van der Waals surface area (Å²) in [6.45, 7) is 4.15. The number of rotatable bonds is 8. The van der Waals surface area contributed by atoms with Crippen molar-refractivity contribution < 1.29 is 19.0 Å². The average Bonchev–Trinajstić information content (AvgIpc) is 2.65. The van der Waals surface area contributed by atoms with Gasteiger partial charge in [-0.2, -0.15) is 0 Å². The lowest BCUT2D eigenvalue weighted by molar-refractivity contribution is 0.102. The van der Waals surface area contributed by atoms with Crippen LogP contribution in [0.2, 0.25) is 0 Å². The second-order valence-corrected chi connectivity index (χ2v) is 4.83. The number of benzene rings is 1. The number of anilines is 2. The summed E-state index contributed by atoms with van der Waals surface area (Å²) in [5, 5.41) is 5.75. The van der Waals surface area contributed by atoms with Crippen LogP contribution in [0.4, 0.5) is 11.5 Å². The molecule has 0 atom stereocenters. The molecule has 2 aromatic rings. The summed E-state index contributed by atoms with van der Waals surface area (Å²) >= 11 is 0. The second-order valence-electron chi connectivity index (χ2n) is 4.83. The van der Waals surface area contributed by atoms with Gasteiger partial charge in [0.1, 0.15) is 17.8 Å². The van der Waals surface area contributed by atoms with Crippen molar-refractivity contribution in [3.05, 3.63) is 42.9 Å². The predicted octanol–water partition coefficient (Wildman–Crippen LogP) is 2.35. The molecule has 132 valence electrons. The van der Waals surface area contributed by atoms with Crippen molar-refractivity contribution in [2.24, 2.45) is 0 Å². The SMILES string of the molecule is C=CCNc1cc(C(=O)Nc2cc(OC)c(OC)c(OC)c2)ncn1. The zero-order valence-corrected chi connectivity index (χ0v) is 14.3. The highest BCUT2D eigenvalue weighted by atomic mass is 16.5. The Morgan fingerprint density at radius 1 is 1.12 bits per heavy atom. The van der Waals surface area contributed by atoms with E-state index < -0.39 is 5.91 Å². The van der Waals surface area contributed by atoms with E-state index in [1.54, 1.807) is 24.3 Å². The summed E-state index contributed by atoms with van der Waals surface area (Å²) in [5.41, 5.74) is 0.703. The molecular weight excluding hydrogens is 324 g/mol. The molecule has 8 nitrogen and oxygen atoms in total. The molecule has 8 heteroatoms. The lowest BCUT2D eigenvalue weighted by atomic mass is 10.2. The summed E-state index contributed by atoms with van der Waals surface area (Å²) in [4.78, 5) is 20.5. The van der Waals surface area contributed by atoms with Crippen molar-refractivity contribution in [1.82, 2.24) is 9.97 Å². The van der Waals surface area contributed by atoms with E-state index in [1.807, 2.05) is 0 Å². The first-order valence-electron chi connectivity index (χ1n) is 7.41. The van der Waals surface area contributed by atoms with Crippen molar-refractivity contribution in [3.63, 3.8) is 0 Å². The number of amides is 1. The van der Waals surface area contributed by atoms with Gasteiger partial charge in [0, 0.05) is 30.4 Å². The van der Waals surface area contributed by atoms with Gasteiger partial charge in [-0.25, -0.2) is 9.97 Å². The molecular formula is C17H20N4O4. The first-order chi connectivity index (χ1) is 12.1. The van der Waals surface area contributed by atoms with Gasteiger partial charge in [-0.3, -0.25) is 4.79 Å². The Morgan fingerprint density at radius 3 is 2.36 bits per heavy atom. The van der Waals surface area contributed by atoms with Crippen LogP contribution < -0.4 is 24.8 Å². The highest BCUT2D eigenvalue weighted by Gasteiger charge is 2.16. The molecule has 1 aromatic heterocycles. The number of nitrogens with zero attached hydrogens (tertiary/aromatic N) is 2. The molecule has 2 N–H and O–H groups in total. The van der Waals surface area contributed by atoms with Crippen molar-refractivity contribution in [1.29, 1.82) is 0 Å². The van der Waals surface area contributed by atoms with E-state index in [-0.39, 0.29) is 5.69 Å². The van der Waals surface area contributed by atoms with Gasteiger partial charge in [0.15, 0.2) is 11.5 Å². The monoisotopic (exact) mass is 344 g/mol. The van der Waals surface area contributed by atoms with Crippen LogP contribution in [0, 0.1) is 0 Å². The van der Waals surface area contributed by atoms with Gasteiger partial charge in [0.05, 0.1) is 21.3 Å². The summed E-state index contributed by atoms with van der Waals surface area (Å²) in [5.74, 6) is 1.46. The molecule has 0 saturated carbocycles. The van der Waals surface area contributed by atoms with Gasteiger partial charge in [-0.05, 0) is 0 Å². The Hall–Kier alpha value is -3.29. The molecule has 0 aliphatic heterocycles. The Bertz CT molecular complexity index is 739. The molecule has 1 heterocycles. The molecule has 0 spiro atoms.